The van der Waals surface area contributed by atoms with Crippen LogP contribution in [0.4, 0.5) is 0 Å². The van der Waals surface area contributed by atoms with Gasteiger partial charge in [-0.1, -0.05) is 13.3 Å². The molecule has 0 unspecified atom stereocenters. The monoisotopic (exact) mass is 180 g/mol. The van der Waals surface area contributed by atoms with Gasteiger partial charge in [0, 0.05) is 5.92 Å². The number of H-pyrrole nitrogens is 1. The fourth-order valence-electron chi connectivity index (χ4n) is 1.50. The molecule has 0 spiro atoms. The molecule has 4 nitrogen and oxygen atoms in total. The lowest BCUT2D eigenvalue weighted by atomic mass is 9.85. The summed E-state index contributed by atoms with van der Waals surface area (Å²) >= 11 is 0. The molecule has 1 fully saturated rings. The Morgan fingerprint density at radius 1 is 1.62 bits per heavy atom. The third-order valence-electron chi connectivity index (χ3n) is 2.78. The maximum absolute atomic E-state index is 5.82. The molecular formula is C9H16N4. The maximum Gasteiger partial charge on any atom is 0.167 e. The molecule has 1 aromatic heterocycles. The molecular weight excluding hydrogens is 164 g/mol. The molecule has 13 heavy (non-hydrogen) atoms. The molecule has 0 amide bonds. The molecule has 1 atom stereocenters. The summed E-state index contributed by atoms with van der Waals surface area (Å²) in [5, 5.41) is 7.11. The highest BCUT2D eigenvalue weighted by molar-refractivity contribution is 5.03. The van der Waals surface area contributed by atoms with E-state index in [-0.39, 0.29) is 6.04 Å². The van der Waals surface area contributed by atoms with Crippen molar-refractivity contribution in [3.63, 3.8) is 0 Å². The Morgan fingerprint density at radius 3 is 2.92 bits per heavy atom. The van der Waals surface area contributed by atoms with E-state index in [9.17, 15) is 0 Å². The molecule has 3 N–H and O–H groups in total. The molecule has 72 valence electrons. The van der Waals surface area contributed by atoms with Gasteiger partial charge in [-0.3, -0.25) is 5.10 Å². The predicted molar refractivity (Wildman–Crippen MR) is 50.2 cm³/mol. The second kappa shape index (κ2) is 3.46. The number of nitrogens with two attached hydrogens (primary N) is 1. The fraction of sp³-hybridized carbons (Fsp3) is 0.778. The topological polar surface area (TPSA) is 67.6 Å². The Morgan fingerprint density at radius 2 is 2.38 bits per heavy atom. The zero-order chi connectivity index (χ0) is 9.26. The molecule has 1 aliphatic rings. The first-order valence-electron chi connectivity index (χ1n) is 4.99. The minimum atomic E-state index is -0.00919. The summed E-state index contributed by atoms with van der Waals surface area (Å²) in [7, 11) is 0. The Labute approximate surface area is 77.9 Å². The summed E-state index contributed by atoms with van der Waals surface area (Å²) < 4.78 is 0. The van der Waals surface area contributed by atoms with Crippen LogP contribution >= 0.6 is 0 Å². The van der Waals surface area contributed by atoms with Crippen LogP contribution in [0.15, 0.2) is 0 Å². The molecule has 4 heteroatoms. The van der Waals surface area contributed by atoms with Gasteiger partial charge in [-0.05, 0) is 19.3 Å². The van der Waals surface area contributed by atoms with Crippen LogP contribution < -0.4 is 5.73 Å². The van der Waals surface area contributed by atoms with Gasteiger partial charge in [-0.2, -0.15) is 5.10 Å². The van der Waals surface area contributed by atoms with Gasteiger partial charge >= 0.3 is 0 Å². The highest BCUT2D eigenvalue weighted by atomic mass is 15.2. The standard InChI is InChI=1S/C9H16N4/c1-2-7(10)9-11-8(12-13-9)6-4-3-5-6/h6-7H,2-5,10H2,1H3,(H,11,12,13)/t7-/m1/s1. The van der Waals surface area contributed by atoms with Crippen LogP contribution in [0.25, 0.3) is 0 Å². The van der Waals surface area contributed by atoms with Crippen LogP contribution in [0.1, 0.15) is 56.2 Å². The van der Waals surface area contributed by atoms with Crippen LogP contribution in [0.2, 0.25) is 0 Å². The van der Waals surface area contributed by atoms with E-state index in [0.29, 0.717) is 5.92 Å². The van der Waals surface area contributed by atoms with Gasteiger partial charge < -0.3 is 5.73 Å². The van der Waals surface area contributed by atoms with Crippen molar-refractivity contribution in [2.45, 2.75) is 44.6 Å². The normalized spacial score (nSPS) is 19.8. The Balaban J connectivity index is 2.08. The molecule has 0 radical (unpaired) electrons. The maximum atomic E-state index is 5.82. The zero-order valence-corrected chi connectivity index (χ0v) is 7.95. The summed E-state index contributed by atoms with van der Waals surface area (Å²) in [6, 6.07) is -0.00919. The highest BCUT2D eigenvalue weighted by Crippen LogP contribution is 2.34. The summed E-state index contributed by atoms with van der Waals surface area (Å²) in [5.41, 5.74) is 5.82. The van der Waals surface area contributed by atoms with E-state index >= 15 is 0 Å². The van der Waals surface area contributed by atoms with E-state index in [2.05, 4.69) is 15.2 Å². The minimum Gasteiger partial charge on any atom is -0.321 e. The number of rotatable bonds is 3. The quantitative estimate of drug-likeness (QED) is 0.740. The lowest BCUT2D eigenvalue weighted by Gasteiger charge is -2.22. The van der Waals surface area contributed by atoms with E-state index < -0.39 is 0 Å². The first kappa shape index (κ1) is 8.69. The van der Waals surface area contributed by atoms with Gasteiger partial charge in [0.25, 0.3) is 0 Å². The van der Waals surface area contributed by atoms with Gasteiger partial charge in [0.1, 0.15) is 5.82 Å². The Hall–Kier alpha value is -0.900. The summed E-state index contributed by atoms with van der Waals surface area (Å²) in [4.78, 5) is 4.41. The number of nitrogens with one attached hydrogen (secondary N) is 1. The summed E-state index contributed by atoms with van der Waals surface area (Å²) in [6.45, 7) is 2.05. The van der Waals surface area contributed by atoms with E-state index in [1.54, 1.807) is 0 Å². The van der Waals surface area contributed by atoms with Crippen molar-refractivity contribution >= 4 is 0 Å². The van der Waals surface area contributed by atoms with Crippen LogP contribution in [0.3, 0.4) is 0 Å². The minimum absolute atomic E-state index is 0.00919. The average molecular weight is 180 g/mol. The SMILES string of the molecule is CC[C@@H](N)c1n[nH]c(C2CCC2)n1. The molecule has 1 aliphatic carbocycles. The van der Waals surface area contributed by atoms with Gasteiger partial charge in [0.2, 0.25) is 0 Å². The van der Waals surface area contributed by atoms with Gasteiger partial charge in [-0.15, -0.1) is 0 Å². The van der Waals surface area contributed by atoms with Crippen LogP contribution in [0, 0.1) is 0 Å². The van der Waals surface area contributed by atoms with Crippen molar-refractivity contribution in [1.82, 2.24) is 15.2 Å². The van der Waals surface area contributed by atoms with Crippen LogP contribution in [0.5, 0.6) is 0 Å². The number of hydrogen-bond donors (Lipinski definition) is 2. The van der Waals surface area contributed by atoms with Gasteiger partial charge in [0.05, 0.1) is 6.04 Å². The largest absolute Gasteiger partial charge is 0.321 e. The van der Waals surface area contributed by atoms with Gasteiger partial charge in [0.15, 0.2) is 5.82 Å². The van der Waals surface area contributed by atoms with Crippen molar-refractivity contribution in [2.24, 2.45) is 5.73 Å². The van der Waals surface area contributed by atoms with E-state index in [0.717, 1.165) is 18.1 Å². The molecule has 0 saturated heterocycles. The molecule has 0 aromatic carbocycles. The van der Waals surface area contributed by atoms with Crippen LogP contribution in [-0.2, 0) is 0 Å². The Bertz CT molecular complexity index is 258. The van der Waals surface area contributed by atoms with Gasteiger partial charge in [-0.25, -0.2) is 4.98 Å². The van der Waals surface area contributed by atoms with Crippen LogP contribution in [-0.4, -0.2) is 15.2 Å². The molecule has 0 bridgehead atoms. The first-order valence-corrected chi connectivity index (χ1v) is 4.99. The summed E-state index contributed by atoms with van der Waals surface area (Å²) in [5.74, 6) is 2.42. The molecule has 1 saturated carbocycles. The molecule has 1 aromatic rings. The van der Waals surface area contributed by atoms with Crippen molar-refractivity contribution in [3.8, 4) is 0 Å². The van der Waals surface area contributed by atoms with Crippen molar-refractivity contribution < 1.29 is 0 Å². The summed E-state index contributed by atoms with van der Waals surface area (Å²) in [6.07, 6.45) is 4.70. The second-order valence-corrected chi connectivity index (χ2v) is 3.72. The molecule has 0 aliphatic heterocycles. The van der Waals surface area contributed by atoms with E-state index in [1.807, 2.05) is 6.92 Å². The fourth-order valence-corrected chi connectivity index (χ4v) is 1.50. The third kappa shape index (κ3) is 1.58. The number of nitrogens with zero attached hydrogens (tertiary/aromatic N) is 2. The number of aromatic amines is 1. The Kier molecular flexibility index (Phi) is 2.31. The zero-order valence-electron chi connectivity index (χ0n) is 7.95. The smallest absolute Gasteiger partial charge is 0.167 e. The number of aromatic nitrogens is 3. The first-order chi connectivity index (χ1) is 6.31. The highest BCUT2D eigenvalue weighted by Gasteiger charge is 2.23. The van der Waals surface area contributed by atoms with Crippen molar-refractivity contribution in [2.75, 3.05) is 0 Å². The second-order valence-electron chi connectivity index (χ2n) is 3.72. The third-order valence-corrected chi connectivity index (χ3v) is 2.78. The van der Waals surface area contributed by atoms with Crippen molar-refractivity contribution in [1.29, 1.82) is 0 Å². The lowest BCUT2D eigenvalue weighted by molar-refractivity contribution is 0.402. The van der Waals surface area contributed by atoms with Crippen molar-refractivity contribution in [3.05, 3.63) is 11.6 Å². The lowest BCUT2D eigenvalue weighted by Crippen LogP contribution is -2.12. The predicted octanol–water partition coefficient (Wildman–Crippen LogP) is 1.48. The number of hydrogen-bond acceptors (Lipinski definition) is 3. The molecule has 2 rings (SSSR count). The average Bonchev–Trinajstić information content (AvgIpc) is 2.49. The van der Waals surface area contributed by atoms with E-state index in [4.69, 9.17) is 5.73 Å². The molecule has 1 heterocycles. The van der Waals surface area contributed by atoms with E-state index in [1.165, 1.54) is 19.3 Å².